The molecule has 3 rings (SSSR count). The molecule has 0 fully saturated rings. The van der Waals surface area contributed by atoms with Crippen molar-refractivity contribution < 1.29 is 9.59 Å². The molecule has 0 radical (unpaired) electrons. The van der Waals surface area contributed by atoms with Gasteiger partial charge >= 0.3 is 0 Å². The molecule has 0 spiro atoms. The van der Waals surface area contributed by atoms with E-state index in [-0.39, 0.29) is 11.7 Å². The predicted molar refractivity (Wildman–Crippen MR) is 114 cm³/mol. The molecule has 6 heteroatoms. The number of nitrogens with zero attached hydrogens (tertiary/aromatic N) is 1. The number of para-hydroxylation sites is 1. The Labute approximate surface area is 168 Å². The molecule has 1 heterocycles. The minimum absolute atomic E-state index is 0.161. The van der Waals surface area contributed by atoms with Crippen LogP contribution >= 0.6 is 11.8 Å². The zero-order chi connectivity index (χ0) is 20.3. The molecule has 0 aliphatic carbocycles. The molecule has 144 valence electrons. The summed E-state index contributed by atoms with van der Waals surface area (Å²) in [5.41, 5.74) is 10.6. The summed E-state index contributed by atoms with van der Waals surface area (Å²) in [6.07, 6.45) is 0. The molecule has 0 saturated heterocycles. The molecule has 0 aliphatic heterocycles. The van der Waals surface area contributed by atoms with Gasteiger partial charge < -0.3 is 15.6 Å². The smallest absolute Gasteiger partial charge is 0.257 e. The lowest BCUT2D eigenvalue weighted by atomic mass is 10.2. The lowest BCUT2D eigenvalue weighted by molar-refractivity contribution is -0.115. The first-order valence-electron chi connectivity index (χ1n) is 8.94. The molecule has 0 atom stereocenters. The predicted octanol–water partition coefficient (Wildman–Crippen LogP) is 4.23. The first-order valence-corrected chi connectivity index (χ1v) is 9.93. The minimum atomic E-state index is -0.396. The zero-order valence-corrected chi connectivity index (χ0v) is 17.0. The van der Waals surface area contributed by atoms with Crippen LogP contribution in [0.3, 0.4) is 0 Å². The molecule has 5 nitrogen and oxygen atoms in total. The molecule has 3 N–H and O–H groups in total. The van der Waals surface area contributed by atoms with Gasteiger partial charge in [0, 0.05) is 22.0 Å². The molecule has 0 saturated carbocycles. The molecule has 3 aromatic rings. The van der Waals surface area contributed by atoms with Gasteiger partial charge in [0.1, 0.15) is 0 Å². The number of carbonyl (C=O) groups excluding carboxylic acids is 2. The number of nitrogens with two attached hydrogens (primary N) is 1. The number of anilines is 1. The van der Waals surface area contributed by atoms with Gasteiger partial charge in [0.2, 0.25) is 5.91 Å². The van der Waals surface area contributed by atoms with E-state index in [4.69, 9.17) is 5.73 Å². The third-order valence-corrected chi connectivity index (χ3v) is 5.54. The summed E-state index contributed by atoms with van der Waals surface area (Å²) < 4.78 is 2.08. The van der Waals surface area contributed by atoms with Gasteiger partial charge in [-0.2, -0.15) is 0 Å². The van der Waals surface area contributed by atoms with Crippen molar-refractivity contribution in [2.24, 2.45) is 5.73 Å². The number of primary amides is 1. The van der Waals surface area contributed by atoms with Gasteiger partial charge in [0.15, 0.2) is 0 Å². The van der Waals surface area contributed by atoms with E-state index in [9.17, 15) is 9.59 Å². The molecular formula is C22H23N3O2S. The van der Waals surface area contributed by atoms with Crippen molar-refractivity contribution >= 4 is 29.3 Å². The fourth-order valence-electron chi connectivity index (χ4n) is 3.19. The zero-order valence-electron chi connectivity index (χ0n) is 16.2. The Morgan fingerprint density at radius 3 is 2.50 bits per heavy atom. The lowest BCUT2D eigenvalue weighted by Crippen LogP contribution is -2.15. The maximum Gasteiger partial charge on any atom is 0.257 e. The van der Waals surface area contributed by atoms with E-state index in [1.54, 1.807) is 0 Å². The monoisotopic (exact) mass is 393 g/mol. The second-order valence-electron chi connectivity index (χ2n) is 6.66. The Morgan fingerprint density at radius 2 is 1.79 bits per heavy atom. The highest BCUT2D eigenvalue weighted by atomic mass is 32.2. The number of rotatable bonds is 6. The summed E-state index contributed by atoms with van der Waals surface area (Å²) in [5, 5.41) is 2.97. The van der Waals surface area contributed by atoms with E-state index >= 15 is 0 Å². The van der Waals surface area contributed by atoms with Crippen LogP contribution in [0.25, 0.3) is 5.69 Å². The van der Waals surface area contributed by atoms with Crippen LogP contribution in [0, 0.1) is 20.8 Å². The molecule has 28 heavy (non-hydrogen) atoms. The van der Waals surface area contributed by atoms with Gasteiger partial charge in [-0.3, -0.25) is 9.59 Å². The maximum atomic E-state index is 13.0. The van der Waals surface area contributed by atoms with E-state index in [1.165, 1.54) is 11.8 Å². The number of hydrogen-bond donors (Lipinski definition) is 2. The number of carbonyl (C=O) groups is 2. The molecule has 0 aliphatic rings. The molecular weight excluding hydrogens is 370 g/mol. The fraction of sp³-hybridized carbons (Fsp3) is 0.182. The number of benzene rings is 2. The Morgan fingerprint density at radius 1 is 1.04 bits per heavy atom. The Kier molecular flexibility index (Phi) is 5.90. The van der Waals surface area contributed by atoms with Gasteiger partial charge in [0.05, 0.1) is 17.0 Å². The van der Waals surface area contributed by atoms with Crippen LogP contribution in [0.15, 0.2) is 59.5 Å². The number of hydrogen-bond acceptors (Lipinski definition) is 3. The van der Waals surface area contributed by atoms with Crippen LogP contribution in [0.5, 0.6) is 0 Å². The van der Waals surface area contributed by atoms with Crippen molar-refractivity contribution in [3.8, 4) is 5.69 Å². The number of nitrogens with one attached hydrogen (secondary N) is 1. The summed E-state index contributed by atoms with van der Waals surface area (Å²) in [5.74, 6) is -0.415. The van der Waals surface area contributed by atoms with Gasteiger partial charge in [-0.05, 0) is 56.7 Å². The molecule has 2 amide bonds. The van der Waals surface area contributed by atoms with Gasteiger partial charge in [-0.25, -0.2) is 0 Å². The van der Waals surface area contributed by atoms with E-state index in [2.05, 4.69) is 16.0 Å². The third kappa shape index (κ3) is 4.28. The van der Waals surface area contributed by atoms with Crippen molar-refractivity contribution in [1.82, 2.24) is 4.57 Å². The number of thioether (sulfide) groups is 1. The van der Waals surface area contributed by atoms with Crippen LogP contribution in [0.1, 0.15) is 27.3 Å². The first kappa shape index (κ1) is 19.8. The quantitative estimate of drug-likeness (QED) is 0.615. The van der Waals surface area contributed by atoms with E-state index in [0.29, 0.717) is 11.3 Å². The number of aryl methyl sites for hydroxylation is 2. The van der Waals surface area contributed by atoms with Crippen LogP contribution in [-0.4, -0.2) is 22.1 Å². The molecule has 1 aromatic heterocycles. The average molecular weight is 394 g/mol. The largest absolute Gasteiger partial charge is 0.369 e. The highest BCUT2D eigenvalue weighted by Crippen LogP contribution is 2.28. The normalized spacial score (nSPS) is 10.7. The highest BCUT2D eigenvalue weighted by molar-refractivity contribution is 8.00. The van der Waals surface area contributed by atoms with E-state index in [1.807, 2.05) is 69.3 Å². The summed E-state index contributed by atoms with van der Waals surface area (Å²) in [6.45, 7) is 5.98. The lowest BCUT2D eigenvalue weighted by Gasteiger charge is -2.12. The van der Waals surface area contributed by atoms with Crippen molar-refractivity contribution in [1.29, 1.82) is 0 Å². The van der Waals surface area contributed by atoms with Crippen molar-refractivity contribution in [2.45, 2.75) is 25.7 Å². The van der Waals surface area contributed by atoms with Crippen LogP contribution in [0.4, 0.5) is 5.69 Å². The average Bonchev–Trinajstić information content (AvgIpc) is 2.95. The summed E-state index contributed by atoms with van der Waals surface area (Å²) in [7, 11) is 0. The van der Waals surface area contributed by atoms with Gasteiger partial charge in [-0.1, -0.05) is 24.3 Å². The molecule has 2 aromatic carbocycles. The number of amides is 2. The second kappa shape index (κ2) is 8.35. The second-order valence-corrected chi connectivity index (χ2v) is 7.68. The maximum absolute atomic E-state index is 13.0. The summed E-state index contributed by atoms with van der Waals surface area (Å²) in [4.78, 5) is 24.9. The first-order chi connectivity index (χ1) is 13.4. The van der Waals surface area contributed by atoms with E-state index < -0.39 is 5.91 Å². The summed E-state index contributed by atoms with van der Waals surface area (Å²) in [6, 6.07) is 17.5. The molecule has 0 unspecified atom stereocenters. The van der Waals surface area contributed by atoms with Crippen molar-refractivity contribution in [3.63, 3.8) is 0 Å². The standard InChI is InChI=1S/C22H23N3O2S/c1-14-7-6-8-17(11-14)25-15(2)12-18(16(25)3)22(27)24-19-9-4-5-10-20(19)28-13-21(23)26/h4-12H,13H2,1-3H3,(H2,23,26)(H,24,27). The van der Waals surface area contributed by atoms with Gasteiger partial charge in [-0.15, -0.1) is 11.8 Å². The van der Waals surface area contributed by atoms with E-state index in [0.717, 1.165) is 27.5 Å². The fourth-order valence-corrected chi connectivity index (χ4v) is 3.94. The highest BCUT2D eigenvalue weighted by Gasteiger charge is 2.18. The van der Waals surface area contributed by atoms with Crippen LogP contribution < -0.4 is 11.1 Å². The van der Waals surface area contributed by atoms with Crippen LogP contribution in [0.2, 0.25) is 0 Å². The SMILES string of the molecule is Cc1cccc(-n2c(C)cc(C(=O)Nc3ccccc3SCC(N)=O)c2C)c1. The summed E-state index contributed by atoms with van der Waals surface area (Å²) >= 11 is 1.31. The third-order valence-electron chi connectivity index (χ3n) is 4.44. The van der Waals surface area contributed by atoms with Crippen LogP contribution in [-0.2, 0) is 4.79 Å². The van der Waals surface area contributed by atoms with Crippen molar-refractivity contribution in [2.75, 3.05) is 11.1 Å². The Balaban J connectivity index is 1.89. The Hall–Kier alpha value is -2.99. The van der Waals surface area contributed by atoms with Gasteiger partial charge in [0.25, 0.3) is 5.91 Å². The minimum Gasteiger partial charge on any atom is -0.369 e. The number of aromatic nitrogens is 1. The van der Waals surface area contributed by atoms with Crippen molar-refractivity contribution in [3.05, 3.63) is 77.1 Å². The topological polar surface area (TPSA) is 77.1 Å². The molecule has 0 bridgehead atoms. The Bertz CT molecular complexity index is 1040.